The smallest absolute Gasteiger partial charge is 0.276 e. The number of benzene rings is 2. The van der Waals surface area contributed by atoms with Gasteiger partial charge in [0, 0.05) is 7.11 Å². The Balaban J connectivity index is 2.02. The maximum Gasteiger partial charge on any atom is 0.276 e. The van der Waals surface area contributed by atoms with Crippen molar-refractivity contribution in [3.63, 3.8) is 0 Å². The molecule has 0 aliphatic rings. The van der Waals surface area contributed by atoms with Gasteiger partial charge in [-0.2, -0.15) is 4.98 Å². The molecule has 0 atom stereocenters. The molecule has 0 aliphatic heterocycles. The minimum absolute atomic E-state index is 0.0356. The van der Waals surface area contributed by atoms with Crippen LogP contribution in [0.25, 0.3) is 17.1 Å². The summed E-state index contributed by atoms with van der Waals surface area (Å²) in [6, 6.07) is 8.60. The van der Waals surface area contributed by atoms with Crippen LogP contribution in [0.15, 0.2) is 52.7 Å². The van der Waals surface area contributed by atoms with E-state index in [1.54, 1.807) is 6.07 Å². The zero-order valence-electron chi connectivity index (χ0n) is 14.7. The minimum atomic E-state index is -0.736. The van der Waals surface area contributed by atoms with Crippen LogP contribution < -0.4 is 16.6 Å². The number of para-hydroxylation sites is 1. The van der Waals surface area contributed by atoms with Gasteiger partial charge >= 0.3 is 0 Å². The number of nitrogens with two attached hydrogens (primary N) is 2. The van der Waals surface area contributed by atoms with Crippen molar-refractivity contribution in [2.24, 2.45) is 11.6 Å². The fourth-order valence-electron chi connectivity index (χ4n) is 2.44. The summed E-state index contributed by atoms with van der Waals surface area (Å²) in [4.78, 5) is 3.99. The molecule has 0 aliphatic carbocycles. The second kappa shape index (κ2) is 8.11. The van der Waals surface area contributed by atoms with Crippen LogP contribution in [-0.4, -0.2) is 23.9 Å². The number of halogens is 3. The van der Waals surface area contributed by atoms with Crippen LogP contribution in [0.1, 0.15) is 5.89 Å². The maximum atomic E-state index is 14.1. The predicted octanol–water partition coefficient (Wildman–Crippen LogP) is 2.81. The number of ether oxygens (including phenoxy) is 1. The van der Waals surface area contributed by atoms with E-state index in [4.69, 9.17) is 20.8 Å². The highest BCUT2D eigenvalue weighted by molar-refractivity contribution is 5.67. The standard InChI is InChI=1S/C18H16F3N5O2/c1-27-9-15(26(23)14-5-3-2-4-13(14)21)16(22)18-24-17(25-28-18)11-8-10(19)6-7-12(11)20/h2-8H,9,22-23H2,1H3/b16-15-. The summed E-state index contributed by atoms with van der Waals surface area (Å²) in [5.41, 5.74) is 5.92. The highest BCUT2D eigenvalue weighted by atomic mass is 19.1. The Morgan fingerprint density at radius 3 is 2.61 bits per heavy atom. The van der Waals surface area contributed by atoms with E-state index in [-0.39, 0.29) is 41.0 Å². The van der Waals surface area contributed by atoms with Crippen molar-refractivity contribution in [2.45, 2.75) is 0 Å². The van der Waals surface area contributed by atoms with Gasteiger partial charge in [0.2, 0.25) is 5.82 Å². The van der Waals surface area contributed by atoms with Crippen molar-refractivity contribution in [3.05, 3.63) is 71.5 Å². The molecule has 0 radical (unpaired) electrons. The van der Waals surface area contributed by atoms with Crippen LogP contribution in [-0.2, 0) is 4.74 Å². The topological polar surface area (TPSA) is 103 Å². The number of hydrogen-bond donors (Lipinski definition) is 2. The van der Waals surface area contributed by atoms with E-state index in [1.165, 1.54) is 25.3 Å². The van der Waals surface area contributed by atoms with Gasteiger partial charge in [-0.1, -0.05) is 17.3 Å². The fourth-order valence-corrected chi connectivity index (χ4v) is 2.44. The maximum absolute atomic E-state index is 14.1. The molecule has 4 N–H and O–H groups in total. The Morgan fingerprint density at radius 1 is 1.14 bits per heavy atom. The Morgan fingerprint density at radius 2 is 1.89 bits per heavy atom. The Kier molecular flexibility index (Phi) is 5.62. The van der Waals surface area contributed by atoms with Crippen LogP contribution >= 0.6 is 0 Å². The first kappa shape index (κ1) is 19.4. The predicted molar refractivity (Wildman–Crippen MR) is 95.7 cm³/mol. The van der Waals surface area contributed by atoms with Crippen LogP contribution in [0.3, 0.4) is 0 Å². The van der Waals surface area contributed by atoms with Crippen molar-refractivity contribution in [1.82, 2.24) is 10.1 Å². The molecule has 1 heterocycles. The van der Waals surface area contributed by atoms with E-state index in [2.05, 4.69) is 10.1 Å². The number of anilines is 1. The molecular formula is C18H16F3N5O2. The lowest BCUT2D eigenvalue weighted by atomic mass is 10.2. The van der Waals surface area contributed by atoms with E-state index in [1.807, 2.05) is 0 Å². The van der Waals surface area contributed by atoms with E-state index < -0.39 is 17.5 Å². The van der Waals surface area contributed by atoms with Gasteiger partial charge in [-0.05, 0) is 30.3 Å². The molecule has 0 saturated carbocycles. The van der Waals surface area contributed by atoms with Crippen LogP contribution in [0.2, 0.25) is 0 Å². The second-order valence-electron chi connectivity index (χ2n) is 5.66. The molecule has 0 spiro atoms. The molecule has 3 aromatic rings. The molecule has 10 heteroatoms. The van der Waals surface area contributed by atoms with Crippen molar-refractivity contribution in [3.8, 4) is 11.4 Å². The molecule has 0 bridgehead atoms. The Labute approximate surface area is 158 Å². The number of hydrogen-bond acceptors (Lipinski definition) is 7. The number of aromatic nitrogens is 2. The Bertz CT molecular complexity index is 1020. The average molecular weight is 391 g/mol. The lowest BCUT2D eigenvalue weighted by Gasteiger charge is -2.23. The minimum Gasteiger partial charge on any atom is -0.393 e. The molecule has 0 saturated heterocycles. The largest absolute Gasteiger partial charge is 0.393 e. The third kappa shape index (κ3) is 3.82. The molecular weight excluding hydrogens is 375 g/mol. The number of rotatable bonds is 6. The third-order valence-electron chi connectivity index (χ3n) is 3.82. The molecule has 146 valence electrons. The molecule has 28 heavy (non-hydrogen) atoms. The Hall–Kier alpha value is -3.37. The summed E-state index contributed by atoms with van der Waals surface area (Å²) in [5.74, 6) is 3.60. The summed E-state index contributed by atoms with van der Waals surface area (Å²) >= 11 is 0. The summed E-state index contributed by atoms with van der Waals surface area (Å²) in [6.07, 6.45) is 0. The molecule has 3 rings (SSSR count). The van der Waals surface area contributed by atoms with Crippen LogP contribution in [0.5, 0.6) is 0 Å². The quantitative estimate of drug-likeness (QED) is 0.492. The van der Waals surface area contributed by atoms with Gasteiger partial charge in [0.1, 0.15) is 23.1 Å². The van der Waals surface area contributed by atoms with E-state index in [0.717, 1.165) is 23.2 Å². The van der Waals surface area contributed by atoms with Crippen molar-refractivity contribution in [2.75, 3.05) is 18.7 Å². The molecule has 0 amide bonds. The zero-order chi connectivity index (χ0) is 20.3. The SMILES string of the molecule is COC/C(=C(/N)c1nc(-c2cc(F)ccc2F)no1)N(N)c1ccccc1F. The van der Waals surface area contributed by atoms with Crippen molar-refractivity contribution >= 4 is 11.4 Å². The molecule has 0 unspecified atom stereocenters. The monoisotopic (exact) mass is 391 g/mol. The van der Waals surface area contributed by atoms with E-state index in [0.29, 0.717) is 0 Å². The van der Waals surface area contributed by atoms with Crippen molar-refractivity contribution < 1.29 is 22.4 Å². The first-order valence-corrected chi connectivity index (χ1v) is 7.98. The number of nitrogens with zero attached hydrogens (tertiary/aromatic N) is 3. The second-order valence-corrected chi connectivity index (χ2v) is 5.66. The molecule has 7 nitrogen and oxygen atoms in total. The van der Waals surface area contributed by atoms with Crippen LogP contribution in [0.4, 0.5) is 18.9 Å². The number of hydrazine groups is 1. The van der Waals surface area contributed by atoms with Gasteiger partial charge in [0.05, 0.1) is 23.6 Å². The van der Waals surface area contributed by atoms with Gasteiger partial charge in [-0.25, -0.2) is 19.0 Å². The number of methoxy groups -OCH3 is 1. The molecule has 2 aromatic carbocycles. The normalized spacial score (nSPS) is 12.0. The van der Waals surface area contributed by atoms with Gasteiger partial charge < -0.3 is 15.0 Å². The highest BCUT2D eigenvalue weighted by Gasteiger charge is 2.21. The summed E-state index contributed by atoms with van der Waals surface area (Å²) < 4.78 is 51.5. The van der Waals surface area contributed by atoms with Gasteiger partial charge in [-0.3, -0.25) is 5.01 Å². The lowest BCUT2D eigenvalue weighted by Crippen LogP contribution is -2.35. The van der Waals surface area contributed by atoms with E-state index in [9.17, 15) is 13.2 Å². The van der Waals surface area contributed by atoms with E-state index >= 15 is 0 Å². The zero-order valence-corrected chi connectivity index (χ0v) is 14.7. The van der Waals surface area contributed by atoms with Gasteiger partial charge in [0.25, 0.3) is 5.89 Å². The average Bonchev–Trinajstić information content (AvgIpc) is 3.17. The molecule has 0 fully saturated rings. The highest BCUT2D eigenvalue weighted by Crippen LogP contribution is 2.25. The summed E-state index contributed by atoms with van der Waals surface area (Å²) in [7, 11) is 1.39. The fraction of sp³-hybridized carbons (Fsp3) is 0.111. The van der Waals surface area contributed by atoms with Crippen molar-refractivity contribution in [1.29, 1.82) is 0 Å². The first-order chi connectivity index (χ1) is 13.4. The first-order valence-electron chi connectivity index (χ1n) is 7.98. The lowest BCUT2D eigenvalue weighted by molar-refractivity contribution is 0.223. The molecule has 1 aromatic heterocycles. The van der Waals surface area contributed by atoms with Crippen LogP contribution in [0, 0.1) is 17.5 Å². The third-order valence-corrected chi connectivity index (χ3v) is 3.82. The summed E-state index contributed by atoms with van der Waals surface area (Å²) in [6.45, 7) is -0.108. The summed E-state index contributed by atoms with van der Waals surface area (Å²) in [5, 5.41) is 4.61. The van der Waals surface area contributed by atoms with Gasteiger partial charge in [0.15, 0.2) is 0 Å². The van der Waals surface area contributed by atoms with Gasteiger partial charge in [-0.15, -0.1) is 0 Å².